The summed E-state index contributed by atoms with van der Waals surface area (Å²) in [5, 5.41) is 0. The van der Waals surface area contributed by atoms with Crippen molar-refractivity contribution >= 4 is 0 Å². The van der Waals surface area contributed by atoms with E-state index in [1.54, 1.807) is 30.1 Å². The third-order valence-electron chi connectivity index (χ3n) is 4.06. The van der Waals surface area contributed by atoms with E-state index in [1.165, 1.54) is 6.07 Å². The first-order chi connectivity index (χ1) is 11.5. The van der Waals surface area contributed by atoms with E-state index in [-0.39, 0.29) is 5.82 Å². The Balaban J connectivity index is 2.12. The van der Waals surface area contributed by atoms with Crippen molar-refractivity contribution < 1.29 is 9.13 Å². The highest BCUT2D eigenvalue weighted by atomic mass is 19.1. The smallest absolute Gasteiger partial charge is 0.148 e. The third kappa shape index (κ3) is 2.94. The monoisotopic (exact) mass is 327 g/mol. The number of benzene rings is 1. The minimum Gasteiger partial charge on any atom is -0.496 e. The fourth-order valence-electron chi connectivity index (χ4n) is 2.90. The maximum atomic E-state index is 14.9. The van der Waals surface area contributed by atoms with E-state index < -0.39 is 0 Å². The number of nitrogens with zero attached hydrogens (tertiary/aromatic N) is 2. The van der Waals surface area contributed by atoms with Gasteiger partial charge in [-0.1, -0.05) is 13.8 Å². The number of imidazole rings is 1. The maximum absolute atomic E-state index is 14.9. The minimum atomic E-state index is -0.303. The van der Waals surface area contributed by atoms with Crippen molar-refractivity contribution in [2.45, 2.75) is 27.2 Å². The second-order valence-corrected chi connectivity index (χ2v) is 6.35. The van der Waals surface area contributed by atoms with Crippen molar-refractivity contribution in [1.82, 2.24) is 14.5 Å². The van der Waals surface area contributed by atoms with Crippen LogP contribution in [-0.2, 0) is 6.42 Å². The molecule has 1 N–H and O–H groups in total. The predicted octanol–water partition coefficient (Wildman–Crippen LogP) is 4.52. The van der Waals surface area contributed by atoms with Crippen LogP contribution in [0.25, 0.3) is 16.9 Å². The molecule has 126 valence electrons. The van der Waals surface area contributed by atoms with Gasteiger partial charge in [0.2, 0.25) is 0 Å². The number of aryl methyl sites for hydroxylation is 1. The molecule has 0 atom stereocenters. The van der Waals surface area contributed by atoms with Crippen molar-refractivity contribution in [2.75, 3.05) is 7.11 Å². The van der Waals surface area contributed by atoms with E-state index in [0.29, 0.717) is 22.9 Å². The number of nitrogens with one attached hydrogen (secondary N) is 1. The quantitative estimate of drug-likeness (QED) is 0.748. The number of aromatic amines is 1. The molecule has 0 unspecified atom stereocenters. The Kier molecular flexibility index (Phi) is 4.42. The van der Waals surface area contributed by atoms with E-state index >= 15 is 0 Å². The zero-order valence-corrected chi connectivity index (χ0v) is 14.4. The van der Waals surface area contributed by atoms with Crippen molar-refractivity contribution in [3.63, 3.8) is 0 Å². The highest BCUT2D eigenvalue weighted by molar-refractivity contribution is 5.72. The Labute approximate surface area is 141 Å². The molecule has 0 aliphatic carbocycles. The highest BCUT2D eigenvalue weighted by Crippen LogP contribution is 2.35. The lowest BCUT2D eigenvalue weighted by atomic mass is 10.1. The molecule has 0 amide bonds. The molecule has 0 saturated carbocycles. The molecule has 0 aliphatic heterocycles. The van der Waals surface area contributed by atoms with Crippen LogP contribution in [-0.4, -0.2) is 21.6 Å². The number of methoxy groups -OCH3 is 1. The number of hydrogen-bond donors (Lipinski definition) is 1. The normalized spacial score (nSPS) is 11.2. The van der Waals surface area contributed by atoms with Gasteiger partial charge in [-0.05, 0) is 30.5 Å². The summed E-state index contributed by atoms with van der Waals surface area (Å²) in [6.07, 6.45) is 6.11. The summed E-state index contributed by atoms with van der Waals surface area (Å²) in [7, 11) is 1.60. The predicted molar refractivity (Wildman–Crippen MR) is 93.1 cm³/mol. The zero-order valence-electron chi connectivity index (χ0n) is 14.4. The molecule has 0 spiro atoms. The Morgan fingerprint density at radius 2 is 2.12 bits per heavy atom. The largest absolute Gasteiger partial charge is 0.496 e. The van der Waals surface area contributed by atoms with Crippen LogP contribution in [0.4, 0.5) is 4.39 Å². The molecule has 5 heteroatoms. The Morgan fingerprint density at radius 1 is 1.33 bits per heavy atom. The van der Waals surface area contributed by atoms with Crippen LogP contribution in [0, 0.1) is 18.7 Å². The number of rotatable bonds is 5. The summed E-state index contributed by atoms with van der Waals surface area (Å²) in [6.45, 7) is 6.22. The van der Waals surface area contributed by atoms with E-state index in [9.17, 15) is 4.39 Å². The van der Waals surface area contributed by atoms with Gasteiger partial charge in [0.1, 0.15) is 17.4 Å². The average Bonchev–Trinajstić information content (AvgIpc) is 3.15. The minimum absolute atomic E-state index is 0.303. The molecule has 3 rings (SSSR count). The molecule has 0 fully saturated rings. The van der Waals surface area contributed by atoms with Gasteiger partial charge >= 0.3 is 0 Å². The SMILES string of the molecule is COc1cc(-n2ccnc2CC(C)C)c(F)cc1-c1[nH]ccc1C. The van der Waals surface area contributed by atoms with Gasteiger partial charge in [-0.25, -0.2) is 9.37 Å². The van der Waals surface area contributed by atoms with Gasteiger partial charge < -0.3 is 14.3 Å². The summed E-state index contributed by atoms with van der Waals surface area (Å²) in [6, 6.07) is 5.21. The van der Waals surface area contributed by atoms with Crippen LogP contribution in [0.15, 0.2) is 36.8 Å². The van der Waals surface area contributed by atoms with Crippen molar-refractivity contribution in [3.8, 4) is 22.7 Å². The van der Waals surface area contributed by atoms with Crippen molar-refractivity contribution in [2.24, 2.45) is 5.92 Å². The Bertz CT molecular complexity index is 848. The Hall–Kier alpha value is -2.56. The van der Waals surface area contributed by atoms with E-state index in [4.69, 9.17) is 4.74 Å². The van der Waals surface area contributed by atoms with Gasteiger partial charge in [0.25, 0.3) is 0 Å². The molecular weight excluding hydrogens is 305 g/mol. The van der Waals surface area contributed by atoms with E-state index in [0.717, 1.165) is 23.5 Å². The van der Waals surface area contributed by atoms with Crippen LogP contribution in [0.1, 0.15) is 25.2 Å². The molecule has 0 aliphatic rings. The van der Waals surface area contributed by atoms with Crippen LogP contribution < -0.4 is 4.74 Å². The molecular formula is C19H22FN3O. The zero-order chi connectivity index (χ0) is 17.3. The average molecular weight is 327 g/mol. The standard InChI is InChI=1S/C19H22FN3O/c1-12(2)9-18-21-7-8-23(18)16-11-17(24-4)14(10-15(16)20)19-13(3)5-6-22-19/h5-8,10-12,22H,9H2,1-4H3. The van der Waals surface area contributed by atoms with Gasteiger partial charge in [-0.3, -0.25) is 0 Å². The first kappa shape index (κ1) is 16.3. The van der Waals surface area contributed by atoms with Gasteiger partial charge in [-0.15, -0.1) is 0 Å². The second-order valence-electron chi connectivity index (χ2n) is 6.35. The lowest BCUT2D eigenvalue weighted by Gasteiger charge is -2.15. The summed E-state index contributed by atoms with van der Waals surface area (Å²) >= 11 is 0. The molecule has 4 nitrogen and oxygen atoms in total. The van der Waals surface area contributed by atoms with Gasteiger partial charge in [-0.2, -0.15) is 0 Å². The second kappa shape index (κ2) is 6.51. The fourth-order valence-corrected chi connectivity index (χ4v) is 2.90. The Morgan fingerprint density at radius 3 is 2.75 bits per heavy atom. The topological polar surface area (TPSA) is 42.8 Å². The lowest BCUT2D eigenvalue weighted by molar-refractivity contribution is 0.415. The maximum Gasteiger partial charge on any atom is 0.148 e. The first-order valence-corrected chi connectivity index (χ1v) is 8.05. The number of ether oxygens (including phenoxy) is 1. The summed E-state index contributed by atoms with van der Waals surface area (Å²) in [5.74, 6) is 1.61. The van der Waals surface area contributed by atoms with Crippen molar-refractivity contribution in [1.29, 1.82) is 0 Å². The van der Waals surface area contributed by atoms with E-state index in [1.807, 2.05) is 19.2 Å². The summed E-state index contributed by atoms with van der Waals surface area (Å²) in [5.41, 5.74) is 3.08. The van der Waals surface area contributed by atoms with Gasteiger partial charge in [0.05, 0.1) is 18.5 Å². The third-order valence-corrected chi connectivity index (χ3v) is 4.06. The molecule has 1 aromatic carbocycles. The fraction of sp³-hybridized carbons (Fsp3) is 0.316. The van der Waals surface area contributed by atoms with Crippen LogP contribution >= 0.6 is 0 Å². The molecule has 0 bridgehead atoms. The van der Waals surface area contributed by atoms with Crippen LogP contribution in [0.2, 0.25) is 0 Å². The lowest BCUT2D eigenvalue weighted by Crippen LogP contribution is -2.07. The van der Waals surface area contributed by atoms with E-state index in [2.05, 4.69) is 23.8 Å². The van der Waals surface area contributed by atoms with Gasteiger partial charge in [0, 0.05) is 36.6 Å². The molecule has 0 radical (unpaired) electrons. The van der Waals surface area contributed by atoms with Gasteiger partial charge in [0.15, 0.2) is 0 Å². The molecule has 24 heavy (non-hydrogen) atoms. The highest BCUT2D eigenvalue weighted by Gasteiger charge is 2.17. The molecule has 2 aromatic heterocycles. The summed E-state index contributed by atoms with van der Waals surface area (Å²) < 4.78 is 22.2. The number of hydrogen-bond acceptors (Lipinski definition) is 2. The molecule has 3 aromatic rings. The van der Waals surface area contributed by atoms with Crippen LogP contribution in [0.3, 0.4) is 0 Å². The summed E-state index contributed by atoms with van der Waals surface area (Å²) in [4.78, 5) is 7.51. The molecule has 0 saturated heterocycles. The number of H-pyrrole nitrogens is 1. The van der Waals surface area contributed by atoms with Crippen LogP contribution in [0.5, 0.6) is 5.75 Å². The first-order valence-electron chi connectivity index (χ1n) is 8.05. The molecule has 2 heterocycles. The van der Waals surface area contributed by atoms with Crippen molar-refractivity contribution in [3.05, 3.63) is 54.0 Å². The number of halogens is 1. The number of aromatic nitrogens is 3.